The molecule has 39 heavy (non-hydrogen) atoms. The first-order valence-electron chi connectivity index (χ1n) is 12.4. The van der Waals surface area contributed by atoms with Crippen molar-refractivity contribution in [3.05, 3.63) is 107 Å². The quantitative estimate of drug-likeness (QED) is 0.118. The van der Waals surface area contributed by atoms with Gasteiger partial charge in [-0.1, -0.05) is 58.4 Å². The van der Waals surface area contributed by atoms with E-state index in [1.165, 1.54) is 29.4 Å². The maximum atomic E-state index is 13.5. The van der Waals surface area contributed by atoms with Gasteiger partial charge in [-0.3, -0.25) is 14.9 Å². The summed E-state index contributed by atoms with van der Waals surface area (Å²) in [7, 11) is 0. The molecule has 8 nitrogen and oxygen atoms in total. The van der Waals surface area contributed by atoms with Crippen LogP contribution in [0.1, 0.15) is 55.0 Å². The number of nitro groups is 1. The number of benzene rings is 3. The first-order valence-corrected chi connectivity index (χ1v) is 14.0. The predicted molar refractivity (Wildman–Crippen MR) is 156 cm³/mol. The molecule has 0 radical (unpaired) electrons. The second-order valence-electron chi connectivity index (χ2n) is 9.35. The van der Waals surface area contributed by atoms with E-state index in [0.717, 1.165) is 35.7 Å². The van der Waals surface area contributed by atoms with Crippen LogP contribution >= 0.6 is 39.1 Å². The van der Waals surface area contributed by atoms with Crippen molar-refractivity contribution in [1.29, 1.82) is 0 Å². The average Bonchev–Trinajstić information content (AvgIpc) is 2.93. The summed E-state index contributed by atoms with van der Waals surface area (Å²) >= 11 is 16.4. The van der Waals surface area contributed by atoms with E-state index in [1.54, 1.807) is 30.3 Å². The summed E-state index contributed by atoms with van der Waals surface area (Å²) in [6, 6.07) is 14.8. The summed E-state index contributed by atoms with van der Waals surface area (Å²) in [4.78, 5) is 28.7. The Labute approximate surface area is 242 Å². The van der Waals surface area contributed by atoms with Crippen LogP contribution in [0.3, 0.4) is 0 Å². The second kappa shape index (κ2) is 11.9. The number of halogens is 3. The summed E-state index contributed by atoms with van der Waals surface area (Å²) in [5.41, 5.74) is 1.72. The van der Waals surface area contributed by atoms with Gasteiger partial charge < -0.3 is 4.74 Å². The fourth-order valence-electron chi connectivity index (χ4n) is 4.69. The molecule has 0 bridgehead atoms. The van der Waals surface area contributed by atoms with Crippen molar-refractivity contribution in [1.82, 2.24) is 9.66 Å². The van der Waals surface area contributed by atoms with Crippen LogP contribution in [0.5, 0.6) is 5.75 Å². The lowest BCUT2D eigenvalue weighted by Crippen LogP contribution is -2.25. The van der Waals surface area contributed by atoms with E-state index >= 15 is 0 Å². The van der Waals surface area contributed by atoms with E-state index in [1.807, 2.05) is 12.1 Å². The lowest BCUT2D eigenvalue weighted by molar-refractivity contribution is -0.384. The monoisotopic (exact) mass is 628 g/mol. The number of hydrogen-bond acceptors (Lipinski definition) is 6. The number of fused-ring (bicyclic) bond motifs is 1. The van der Waals surface area contributed by atoms with Crippen LogP contribution in [0.2, 0.25) is 10.0 Å². The Kier molecular flexibility index (Phi) is 8.30. The highest BCUT2D eigenvalue weighted by Gasteiger charge is 2.22. The third-order valence-corrected chi connectivity index (χ3v) is 7.73. The Morgan fingerprint density at radius 2 is 1.77 bits per heavy atom. The van der Waals surface area contributed by atoms with E-state index in [4.69, 9.17) is 32.9 Å². The highest BCUT2D eigenvalue weighted by Crippen LogP contribution is 2.35. The first kappa shape index (κ1) is 27.3. The van der Waals surface area contributed by atoms with Crippen molar-refractivity contribution in [2.45, 2.75) is 44.6 Å². The number of aromatic nitrogens is 2. The molecule has 200 valence electrons. The van der Waals surface area contributed by atoms with Crippen molar-refractivity contribution in [3.8, 4) is 5.75 Å². The molecule has 0 amide bonds. The highest BCUT2D eigenvalue weighted by atomic mass is 79.9. The molecule has 0 saturated heterocycles. The third-order valence-electron chi connectivity index (χ3n) is 6.68. The summed E-state index contributed by atoms with van der Waals surface area (Å²) in [6.07, 6.45) is 6.83. The Morgan fingerprint density at radius 3 is 2.44 bits per heavy atom. The second-order valence-corrected chi connectivity index (χ2v) is 11.1. The van der Waals surface area contributed by atoms with E-state index in [-0.39, 0.29) is 39.6 Å². The zero-order chi connectivity index (χ0) is 27.5. The van der Waals surface area contributed by atoms with Gasteiger partial charge in [-0.05, 0) is 66.4 Å². The third kappa shape index (κ3) is 6.16. The molecule has 1 aliphatic rings. The Bertz CT molecular complexity index is 1610. The number of hydrogen-bond donors (Lipinski definition) is 0. The minimum absolute atomic E-state index is 0.00143. The highest BCUT2D eigenvalue weighted by molar-refractivity contribution is 9.10. The first-order chi connectivity index (χ1) is 18.8. The van der Waals surface area contributed by atoms with Crippen LogP contribution in [-0.2, 0) is 6.61 Å². The summed E-state index contributed by atoms with van der Waals surface area (Å²) in [6.45, 7) is 0.128. The summed E-state index contributed by atoms with van der Waals surface area (Å²) in [5.74, 6) is 1.09. The topological polar surface area (TPSA) is 99.6 Å². The molecule has 0 unspecified atom stereocenters. The molecule has 1 fully saturated rings. The van der Waals surface area contributed by atoms with Crippen LogP contribution < -0.4 is 10.3 Å². The molecule has 4 aromatic rings. The van der Waals surface area contributed by atoms with Gasteiger partial charge in [0.15, 0.2) is 5.75 Å². The Morgan fingerprint density at radius 1 is 1.08 bits per heavy atom. The van der Waals surface area contributed by atoms with Crippen molar-refractivity contribution in [2.24, 2.45) is 5.10 Å². The molecule has 11 heteroatoms. The van der Waals surface area contributed by atoms with Gasteiger partial charge in [-0.25, -0.2) is 4.98 Å². The van der Waals surface area contributed by atoms with E-state index in [2.05, 4.69) is 21.0 Å². The standard InChI is InChI=1S/C28H23BrCl2N4O4/c29-20-8-11-25-22(14-20)28(36)34(27(33-25)19-4-2-1-3-5-19)32-15-18-12-23(30)26(24(31)13-18)39-16-17-6-9-21(10-7-17)35(37)38/h6-15,19H,1-5,16H2. The SMILES string of the molecule is O=c1c2cc(Br)ccc2nc(C2CCCCC2)n1N=Cc1cc(Cl)c(OCc2ccc([N+](=O)[O-])cc2)c(Cl)c1. The molecule has 3 aromatic carbocycles. The zero-order valence-corrected chi connectivity index (χ0v) is 23.7. The molecule has 1 aromatic heterocycles. The van der Waals surface area contributed by atoms with Crippen molar-refractivity contribution in [3.63, 3.8) is 0 Å². The lowest BCUT2D eigenvalue weighted by atomic mass is 9.88. The van der Waals surface area contributed by atoms with Gasteiger partial charge in [0.05, 0.1) is 32.1 Å². The maximum Gasteiger partial charge on any atom is 0.282 e. The molecular weight excluding hydrogens is 607 g/mol. The van der Waals surface area contributed by atoms with Crippen molar-refractivity contribution >= 4 is 61.9 Å². The minimum atomic E-state index is -0.461. The molecule has 1 saturated carbocycles. The van der Waals surface area contributed by atoms with E-state index in [9.17, 15) is 14.9 Å². The fraction of sp³-hybridized carbons (Fsp3) is 0.250. The van der Waals surface area contributed by atoms with Crippen LogP contribution in [0.25, 0.3) is 10.9 Å². The largest absolute Gasteiger partial charge is 0.486 e. The van der Waals surface area contributed by atoms with Gasteiger partial charge in [-0.2, -0.15) is 9.78 Å². The Balaban J connectivity index is 1.43. The molecule has 0 N–H and O–H groups in total. The van der Waals surface area contributed by atoms with Gasteiger partial charge in [0, 0.05) is 22.5 Å². The number of ether oxygens (including phenoxy) is 1. The summed E-state index contributed by atoms with van der Waals surface area (Å²) in [5, 5.41) is 16.4. The predicted octanol–water partition coefficient (Wildman–Crippen LogP) is 7.88. The summed E-state index contributed by atoms with van der Waals surface area (Å²) < 4.78 is 7.98. The number of rotatable bonds is 7. The van der Waals surface area contributed by atoms with Crippen molar-refractivity contribution < 1.29 is 9.66 Å². The number of non-ortho nitro benzene ring substituents is 1. The normalized spacial score (nSPS) is 14.2. The van der Waals surface area contributed by atoms with Crippen LogP contribution in [0.4, 0.5) is 5.69 Å². The Hall–Kier alpha value is -3.27. The van der Waals surface area contributed by atoms with Gasteiger partial charge >= 0.3 is 0 Å². The number of nitrogens with zero attached hydrogens (tertiary/aromatic N) is 4. The van der Waals surface area contributed by atoms with Crippen LogP contribution in [0, 0.1) is 10.1 Å². The van der Waals surface area contributed by atoms with Gasteiger partial charge in [0.1, 0.15) is 12.4 Å². The molecule has 0 spiro atoms. The van der Waals surface area contributed by atoms with E-state index < -0.39 is 4.92 Å². The van der Waals surface area contributed by atoms with Gasteiger partial charge in [-0.15, -0.1) is 0 Å². The lowest BCUT2D eigenvalue weighted by Gasteiger charge is -2.22. The minimum Gasteiger partial charge on any atom is -0.486 e. The fourth-order valence-corrected chi connectivity index (χ4v) is 5.66. The molecule has 1 aliphatic carbocycles. The maximum absolute atomic E-state index is 13.5. The molecule has 1 heterocycles. The van der Waals surface area contributed by atoms with Gasteiger partial charge in [0.2, 0.25) is 0 Å². The van der Waals surface area contributed by atoms with Crippen LogP contribution in [0.15, 0.2) is 69.0 Å². The number of nitro benzene ring substituents is 1. The zero-order valence-electron chi connectivity index (χ0n) is 20.6. The van der Waals surface area contributed by atoms with E-state index in [0.29, 0.717) is 22.3 Å². The smallest absolute Gasteiger partial charge is 0.282 e. The average molecular weight is 630 g/mol. The van der Waals surface area contributed by atoms with Gasteiger partial charge in [0.25, 0.3) is 11.2 Å². The molecular formula is C28H23BrCl2N4O4. The van der Waals surface area contributed by atoms with Crippen molar-refractivity contribution in [2.75, 3.05) is 0 Å². The molecule has 0 aliphatic heterocycles. The molecule has 5 rings (SSSR count). The van der Waals surface area contributed by atoms with Crippen LogP contribution in [-0.4, -0.2) is 20.8 Å². The molecule has 0 atom stereocenters.